The van der Waals surface area contributed by atoms with E-state index in [1.54, 1.807) is 38.4 Å². The number of hydrogen-bond acceptors (Lipinski definition) is 7. The zero-order valence-electron chi connectivity index (χ0n) is 15.4. The third kappa shape index (κ3) is 4.07. The highest BCUT2D eigenvalue weighted by atomic mass is 32.2. The highest BCUT2D eigenvalue weighted by Gasteiger charge is 2.22. The van der Waals surface area contributed by atoms with Gasteiger partial charge in [0.2, 0.25) is 10.0 Å². The van der Waals surface area contributed by atoms with Crippen LogP contribution in [0.2, 0.25) is 0 Å². The number of anilines is 1. The quantitative estimate of drug-likeness (QED) is 0.646. The number of carbonyl (C=O) groups is 1. The van der Waals surface area contributed by atoms with Crippen LogP contribution in [0.3, 0.4) is 0 Å². The smallest absolute Gasteiger partial charge is 0.322 e. The fourth-order valence-electron chi connectivity index (χ4n) is 2.54. The van der Waals surface area contributed by atoms with Gasteiger partial charge in [-0.1, -0.05) is 18.9 Å². The molecule has 0 aliphatic carbocycles. The van der Waals surface area contributed by atoms with E-state index in [1.807, 2.05) is 0 Å². The summed E-state index contributed by atoms with van der Waals surface area (Å²) in [6, 6.07) is 9.08. The Labute approximate surface area is 162 Å². The molecule has 0 saturated carbocycles. The highest BCUT2D eigenvalue weighted by Crippen LogP contribution is 2.20. The zero-order chi connectivity index (χ0) is 20.1. The number of amides is 1. The summed E-state index contributed by atoms with van der Waals surface area (Å²) in [6.45, 7) is 4.29. The van der Waals surface area contributed by atoms with Crippen LogP contribution in [0.25, 0.3) is 11.5 Å². The van der Waals surface area contributed by atoms with Gasteiger partial charge in [0.1, 0.15) is 0 Å². The van der Waals surface area contributed by atoms with E-state index in [2.05, 4.69) is 20.5 Å². The fourth-order valence-corrected chi connectivity index (χ4v) is 4.00. The minimum absolute atomic E-state index is 0.0660. The Morgan fingerprint density at radius 1 is 1.11 bits per heavy atom. The largest absolute Gasteiger partial charge is 0.403 e. The van der Waals surface area contributed by atoms with E-state index < -0.39 is 15.9 Å². The lowest BCUT2D eigenvalue weighted by Crippen LogP contribution is -2.30. The summed E-state index contributed by atoms with van der Waals surface area (Å²) >= 11 is 0. The predicted octanol–water partition coefficient (Wildman–Crippen LogP) is 2.41. The first-order chi connectivity index (χ1) is 13.5. The van der Waals surface area contributed by atoms with E-state index in [1.165, 1.54) is 28.6 Å². The van der Waals surface area contributed by atoms with Crippen molar-refractivity contribution in [3.8, 4) is 11.5 Å². The second-order valence-corrected chi connectivity index (χ2v) is 7.66. The molecule has 0 atom stereocenters. The van der Waals surface area contributed by atoms with Crippen LogP contribution in [0.1, 0.15) is 24.2 Å². The minimum Gasteiger partial charge on any atom is -0.403 e. The molecule has 0 saturated heterocycles. The Hall–Kier alpha value is -3.11. The number of carbonyl (C=O) groups excluding carboxylic acids is 1. The minimum atomic E-state index is -3.58. The number of rotatable bonds is 7. The van der Waals surface area contributed by atoms with Gasteiger partial charge >= 0.3 is 6.01 Å². The molecule has 0 radical (unpaired) electrons. The van der Waals surface area contributed by atoms with Crippen LogP contribution in [-0.2, 0) is 10.0 Å². The van der Waals surface area contributed by atoms with Crippen molar-refractivity contribution >= 4 is 21.9 Å². The summed E-state index contributed by atoms with van der Waals surface area (Å²) in [6.07, 6.45) is 3.18. The average Bonchev–Trinajstić information content (AvgIpc) is 3.18. The van der Waals surface area contributed by atoms with E-state index in [9.17, 15) is 13.2 Å². The topological polar surface area (TPSA) is 118 Å². The Morgan fingerprint density at radius 2 is 1.82 bits per heavy atom. The van der Waals surface area contributed by atoms with Gasteiger partial charge in [0.15, 0.2) is 0 Å². The lowest BCUT2D eigenvalue weighted by molar-refractivity contribution is 0.102. The molecular formula is C18H19N5O4S. The number of hydrogen-bond donors (Lipinski definition) is 1. The molecule has 0 fully saturated rings. The SMILES string of the molecule is CCN(CC)S(=O)(=O)c1ccc(C(=O)Nc2nnc(-c3cccnc3)o2)cc1. The molecule has 2 aromatic heterocycles. The number of benzene rings is 1. The Kier molecular flexibility index (Phi) is 5.81. The number of aromatic nitrogens is 3. The van der Waals surface area contributed by atoms with Gasteiger partial charge in [-0.15, -0.1) is 5.10 Å². The van der Waals surface area contributed by atoms with Crippen LogP contribution in [0.4, 0.5) is 6.01 Å². The summed E-state index contributed by atoms with van der Waals surface area (Å²) in [5, 5.41) is 10.1. The molecule has 1 amide bonds. The van der Waals surface area contributed by atoms with Crippen molar-refractivity contribution in [1.29, 1.82) is 0 Å². The number of nitrogens with one attached hydrogen (secondary N) is 1. The molecule has 0 bridgehead atoms. The summed E-state index contributed by atoms with van der Waals surface area (Å²) in [5.41, 5.74) is 0.890. The van der Waals surface area contributed by atoms with Crippen molar-refractivity contribution in [3.63, 3.8) is 0 Å². The van der Waals surface area contributed by atoms with Crippen molar-refractivity contribution in [2.75, 3.05) is 18.4 Å². The first-order valence-electron chi connectivity index (χ1n) is 8.61. The molecule has 0 unspecified atom stereocenters. The van der Waals surface area contributed by atoms with E-state index in [0.29, 0.717) is 18.7 Å². The van der Waals surface area contributed by atoms with Crippen LogP contribution in [-0.4, -0.2) is 46.9 Å². The van der Waals surface area contributed by atoms with E-state index in [0.717, 1.165) is 0 Å². The molecule has 9 nitrogen and oxygen atoms in total. The van der Waals surface area contributed by atoms with Gasteiger partial charge in [-0.05, 0) is 36.4 Å². The zero-order valence-corrected chi connectivity index (χ0v) is 16.2. The van der Waals surface area contributed by atoms with E-state index in [4.69, 9.17) is 4.42 Å². The molecule has 0 spiro atoms. The summed E-state index contributed by atoms with van der Waals surface area (Å²) in [7, 11) is -3.58. The highest BCUT2D eigenvalue weighted by molar-refractivity contribution is 7.89. The van der Waals surface area contributed by atoms with Gasteiger partial charge in [0.25, 0.3) is 11.8 Å². The molecule has 1 N–H and O–H groups in total. The van der Waals surface area contributed by atoms with Crippen molar-refractivity contribution in [2.45, 2.75) is 18.7 Å². The molecule has 0 aliphatic heterocycles. The van der Waals surface area contributed by atoms with Crippen LogP contribution >= 0.6 is 0 Å². The molecule has 3 aromatic rings. The predicted molar refractivity (Wildman–Crippen MR) is 102 cm³/mol. The average molecular weight is 401 g/mol. The third-order valence-electron chi connectivity index (χ3n) is 4.01. The normalized spacial score (nSPS) is 11.5. The lowest BCUT2D eigenvalue weighted by Gasteiger charge is -2.18. The standard InChI is InChI=1S/C18H19N5O4S/c1-3-23(4-2)28(25,26)15-9-7-13(8-10-15)16(24)20-18-22-21-17(27-18)14-6-5-11-19-12-14/h5-12H,3-4H2,1-2H3,(H,20,22,24). The second kappa shape index (κ2) is 8.28. The number of sulfonamides is 1. The lowest BCUT2D eigenvalue weighted by atomic mass is 10.2. The molecule has 0 aliphatic rings. The summed E-state index contributed by atoms with van der Waals surface area (Å²) < 4.78 is 31.7. The first kappa shape index (κ1) is 19.6. The molecular weight excluding hydrogens is 382 g/mol. The monoisotopic (exact) mass is 401 g/mol. The van der Waals surface area contributed by atoms with Crippen molar-refractivity contribution < 1.29 is 17.6 Å². The number of pyridine rings is 1. The molecule has 28 heavy (non-hydrogen) atoms. The maximum absolute atomic E-state index is 12.5. The maximum atomic E-state index is 12.5. The van der Waals surface area contributed by atoms with Gasteiger partial charge in [-0.2, -0.15) is 4.31 Å². The Balaban J connectivity index is 1.73. The summed E-state index contributed by atoms with van der Waals surface area (Å²) in [5.74, 6) is -0.266. The third-order valence-corrected chi connectivity index (χ3v) is 6.08. The van der Waals surface area contributed by atoms with Crippen LogP contribution in [0, 0.1) is 0 Å². The van der Waals surface area contributed by atoms with Gasteiger partial charge in [-0.3, -0.25) is 15.1 Å². The van der Waals surface area contributed by atoms with Crippen molar-refractivity contribution in [1.82, 2.24) is 19.5 Å². The molecule has 1 aromatic carbocycles. The Bertz CT molecular complexity index is 1050. The molecule has 3 rings (SSSR count). The van der Waals surface area contributed by atoms with Gasteiger partial charge in [0, 0.05) is 31.0 Å². The molecule has 146 valence electrons. The maximum Gasteiger partial charge on any atom is 0.322 e. The van der Waals surface area contributed by atoms with Crippen LogP contribution in [0.5, 0.6) is 0 Å². The van der Waals surface area contributed by atoms with Gasteiger partial charge < -0.3 is 4.42 Å². The second-order valence-electron chi connectivity index (χ2n) is 5.72. The van der Waals surface area contributed by atoms with E-state index in [-0.39, 0.29) is 22.4 Å². The van der Waals surface area contributed by atoms with Crippen molar-refractivity contribution in [2.24, 2.45) is 0 Å². The fraction of sp³-hybridized carbons (Fsp3) is 0.222. The van der Waals surface area contributed by atoms with Gasteiger partial charge in [0.05, 0.1) is 10.5 Å². The summed E-state index contributed by atoms with van der Waals surface area (Å²) in [4.78, 5) is 16.4. The van der Waals surface area contributed by atoms with Crippen LogP contribution < -0.4 is 5.32 Å². The molecule has 2 heterocycles. The van der Waals surface area contributed by atoms with Gasteiger partial charge in [-0.25, -0.2) is 8.42 Å². The number of nitrogens with zero attached hydrogens (tertiary/aromatic N) is 4. The van der Waals surface area contributed by atoms with Crippen molar-refractivity contribution in [3.05, 3.63) is 54.4 Å². The first-order valence-corrected chi connectivity index (χ1v) is 10.0. The van der Waals surface area contributed by atoms with E-state index >= 15 is 0 Å². The van der Waals surface area contributed by atoms with Crippen LogP contribution in [0.15, 0.2) is 58.1 Å². The molecule has 10 heteroatoms. The Morgan fingerprint density at radius 3 is 2.43 bits per heavy atom.